The molecule has 6 heteroatoms. The molecule has 1 fully saturated rings. The van der Waals surface area contributed by atoms with Gasteiger partial charge in [0, 0.05) is 36.4 Å². The third-order valence-electron chi connectivity index (χ3n) is 6.79. The van der Waals surface area contributed by atoms with Crippen molar-refractivity contribution in [3.63, 3.8) is 0 Å². The second kappa shape index (κ2) is 14.6. The average Bonchev–Trinajstić information content (AvgIpc) is 3.39. The lowest BCUT2D eigenvalue weighted by Crippen LogP contribution is -2.43. The smallest absolute Gasteiger partial charge is 0.335 e. The van der Waals surface area contributed by atoms with Crippen LogP contribution in [-0.4, -0.2) is 66.3 Å². The minimum absolute atomic E-state index is 0.0774. The average molecular weight is 488 g/mol. The van der Waals surface area contributed by atoms with Gasteiger partial charge in [-0.1, -0.05) is 39.3 Å². The van der Waals surface area contributed by atoms with Gasteiger partial charge in [-0.15, -0.1) is 11.3 Å². The van der Waals surface area contributed by atoms with E-state index in [9.17, 15) is 4.79 Å². The molecule has 0 aliphatic carbocycles. The first-order valence-corrected chi connectivity index (χ1v) is 14.0. The van der Waals surface area contributed by atoms with Gasteiger partial charge in [-0.2, -0.15) is 0 Å². The number of hydrogen-bond donors (Lipinski definition) is 0. The lowest BCUT2D eigenvalue weighted by molar-refractivity contribution is -0.619. The fraction of sp³-hybridized carbons (Fsp3) is 0.643. The Morgan fingerprint density at radius 2 is 2.18 bits per heavy atom. The molecule has 1 aromatic heterocycles. The maximum atomic E-state index is 12.8. The van der Waals surface area contributed by atoms with Gasteiger partial charge in [-0.3, -0.25) is 4.90 Å². The van der Waals surface area contributed by atoms with Gasteiger partial charge in [-0.05, 0) is 62.2 Å². The van der Waals surface area contributed by atoms with Gasteiger partial charge in [0.1, 0.15) is 13.2 Å². The van der Waals surface area contributed by atoms with E-state index < -0.39 is 6.10 Å². The number of nitrogens with zero attached hydrogens (tertiary/aromatic N) is 2. The van der Waals surface area contributed by atoms with E-state index in [1.807, 2.05) is 0 Å². The highest BCUT2D eigenvalue weighted by molar-refractivity contribution is 7.10. The van der Waals surface area contributed by atoms with Crippen molar-refractivity contribution < 1.29 is 18.8 Å². The van der Waals surface area contributed by atoms with Crippen LogP contribution in [0.25, 0.3) is 6.08 Å². The summed E-state index contributed by atoms with van der Waals surface area (Å²) in [6.07, 6.45) is 15.3. The highest BCUT2D eigenvalue weighted by atomic mass is 32.1. The minimum Gasteiger partial charge on any atom is -0.462 e. The Morgan fingerprint density at radius 3 is 2.94 bits per heavy atom. The molecule has 2 aliphatic heterocycles. The monoisotopic (exact) mass is 487 g/mol. The summed E-state index contributed by atoms with van der Waals surface area (Å²) in [6.45, 7) is 11.0. The number of allylic oxidation sites excluding steroid dienone is 2. The first kappa shape index (κ1) is 26.8. The van der Waals surface area contributed by atoms with Crippen molar-refractivity contribution in [2.45, 2.75) is 78.0 Å². The molecular formula is C28H43N2O3S+. The summed E-state index contributed by atoms with van der Waals surface area (Å²) in [5, 5.41) is 2.09. The van der Waals surface area contributed by atoms with E-state index in [2.05, 4.69) is 72.1 Å². The number of ether oxygens (including phenoxy) is 2. The Hall–Kier alpha value is -1.76. The molecule has 1 saturated heterocycles. The van der Waals surface area contributed by atoms with Crippen LogP contribution in [0.2, 0.25) is 0 Å². The van der Waals surface area contributed by atoms with Crippen LogP contribution in [-0.2, 0) is 14.3 Å². The molecule has 0 N–H and O–H groups in total. The van der Waals surface area contributed by atoms with Crippen molar-refractivity contribution in [1.82, 2.24) is 4.90 Å². The predicted octanol–water partition coefficient (Wildman–Crippen LogP) is 5.76. The zero-order valence-electron chi connectivity index (χ0n) is 21.3. The summed E-state index contributed by atoms with van der Waals surface area (Å²) in [6, 6.07) is 4.19. The Morgan fingerprint density at radius 1 is 1.29 bits per heavy atom. The number of hydrogen-bond acceptors (Lipinski definition) is 5. The summed E-state index contributed by atoms with van der Waals surface area (Å²) in [7, 11) is 0. The topological polar surface area (TPSA) is 41.8 Å². The van der Waals surface area contributed by atoms with E-state index in [0.717, 1.165) is 69.9 Å². The molecule has 0 radical (unpaired) electrons. The zero-order chi connectivity index (χ0) is 24.2. The Labute approximate surface area is 210 Å². The van der Waals surface area contributed by atoms with Crippen LogP contribution in [0, 0.1) is 5.92 Å². The van der Waals surface area contributed by atoms with Gasteiger partial charge in [0.15, 0.2) is 6.10 Å². The molecule has 0 saturated carbocycles. The maximum absolute atomic E-state index is 12.8. The third-order valence-corrected chi connectivity index (χ3v) is 7.63. The van der Waals surface area contributed by atoms with Crippen molar-refractivity contribution in [2.24, 2.45) is 5.92 Å². The molecule has 3 heterocycles. The van der Waals surface area contributed by atoms with E-state index in [0.29, 0.717) is 6.61 Å². The molecule has 0 spiro atoms. The van der Waals surface area contributed by atoms with Crippen LogP contribution < -0.4 is 0 Å². The lowest BCUT2D eigenvalue weighted by atomic mass is 10.1. The number of carbonyl (C=O) groups excluding carboxylic acids is 1. The standard InChI is InChI=1S/C28H43N2O3S/c1-4-17-29(19-16-23(3)5-2)20-21-32-28(31)26-12-8-13-27(33-26)30-18-7-6-10-24(30)14-15-25-11-9-22-34-25/h6,9-11,14-15,22-23,26-27H,4-5,7-8,12-13,16-21H2,1-3H3/q+1/b15-14+. The van der Waals surface area contributed by atoms with Crippen molar-refractivity contribution in [3.05, 3.63) is 40.6 Å². The summed E-state index contributed by atoms with van der Waals surface area (Å²) >= 11 is 1.73. The van der Waals surface area contributed by atoms with E-state index in [4.69, 9.17) is 9.47 Å². The zero-order valence-corrected chi connectivity index (χ0v) is 22.1. The largest absolute Gasteiger partial charge is 0.462 e. The molecule has 3 atom stereocenters. The second-order valence-electron chi connectivity index (χ2n) is 9.48. The van der Waals surface area contributed by atoms with Crippen LogP contribution >= 0.6 is 11.3 Å². The fourth-order valence-corrected chi connectivity index (χ4v) is 5.11. The highest BCUT2D eigenvalue weighted by Crippen LogP contribution is 2.23. The van der Waals surface area contributed by atoms with Crippen molar-refractivity contribution >= 4 is 29.1 Å². The van der Waals surface area contributed by atoms with E-state index in [-0.39, 0.29) is 12.2 Å². The van der Waals surface area contributed by atoms with Gasteiger partial charge < -0.3 is 9.47 Å². The van der Waals surface area contributed by atoms with E-state index in [1.165, 1.54) is 17.7 Å². The Balaban J connectivity index is 1.52. The van der Waals surface area contributed by atoms with Crippen LogP contribution in [0.4, 0.5) is 0 Å². The molecule has 3 rings (SSSR count). The van der Waals surface area contributed by atoms with Crippen molar-refractivity contribution in [2.75, 3.05) is 32.8 Å². The first-order valence-electron chi connectivity index (χ1n) is 13.2. The van der Waals surface area contributed by atoms with Gasteiger partial charge in [0.05, 0.1) is 0 Å². The predicted molar refractivity (Wildman–Crippen MR) is 142 cm³/mol. The number of esters is 1. The fourth-order valence-electron chi connectivity index (χ4n) is 4.49. The molecule has 0 amide bonds. The van der Waals surface area contributed by atoms with Crippen molar-refractivity contribution in [1.29, 1.82) is 0 Å². The van der Waals surface area contributed by atoms with Crippen molar-refractivity contribution in [3.8, 4) is 0 Å². The van der Waals surface area contributed by atoms with Crippen LogP contribution in [0.15, 0.2) is 35.7 Å². The highest BCUT2D eigenvalue weighted by Gasteiger charge is 2.36. The van der Waals surface area contributed by atoms with Gasteiger partial charge >= 0.3 is 5.97 Å². The molecule has 0 aromatic carbocycles. The maximum Gasteiger partial charge on any atom is 0.335 e. The van der Waals surface area contributed by atoms with Crippen LogP contribution in [0.5, 0.6) is 0 Å². The third kappa shape index (κ3) is 8.47. The number of carbonyl (C=O) groups is 1. The molecule has 188 valence electrons. The molecule has 1 aromatic rings. The quantitative estimate of drug-likeness (QED) is 0.262. The first-order chi connectivity index (χ1) is 16.6. The molecule has 34 heavy (non-hydrogen) atoms. The Kier molecular flexibility index (Phi) is 11.5. The summed E-state index contributed by atoms with van der Waals surface area (Å²) in [5.74, 6) is 0.535. The molecular weight excluding hydrogens is 444 g/mol. The molecule has 0 bridgehead atoms. The molecule has 5 nitrogen and oxygen atoms in total. The van der Waals surface area contributed by atoms with Gasteiger partial charge in [-0.25, -0.2) is 9.37 Å². The van der Waals surface area contributed by atoms with E-state index >= 15 is 0 Å². The van der Waals surface area contributed by atoms with Crippen LogP contribution in [0.3, 0.4) is 0 Å². The minimum atomic E-state index is -0.466. The second-order valence-corrected chi connectivity index (χ2v) is 10.5. The normalized spacial score (nSPS) is 22.0. The summed E-state index contributed by atoms with van der Waals surface area (Å²) < 4.78 is 14.3. The number of thiophene rings is 1. The summed E-state index contributed by atoms with van der Waals surface area (Å²) in [5.41, 5.74) is 1.15. The molecule has 3 unspecified atom stereocenters. The van der Waals surface area contributed by atoms with Crippen LogP contribution in [0.1, 0.15) is 70.6 Å². The van der Waals surface area contributed by atoms with E-state index in [1.54, 1.807) is 11.3 Å². The van der Waals surface area contributed by atoms with Gasteiger partial charge in [0.2, 0.25) is 5.71 Å². The lowest BCUT2D eigenvalue weighted by Gasteiger charge is -2.28. The SMILES string of the molecule is CCCN(CCOC(=O)C1CCCC([N+]2=C(/C=C/c3cccs3)C=CCC2)O1)CCC(C)CC. The number of rotatable bonds is 13. The van der Waals surface area contributed by atoms with Gasteiger partial charge in [0.25, 0.3) is 6.23 Å². The molecule has 2 aliphatic rings. The Bertz CT molecular complexity index is 831. The summed E-state index contributed by atoms with van der Waals surface area (Å²) in [4.78, 5) is 16.5.